The first-order chi connectivity index (χ1) is 11.1. The SMILES string of the molecule is Cc1cnc([C@@H]2CCCN(C(=O)COc3ccc(F)cc3)C2)[nH]1. The Morgan fingerprint density at radius 2 is 2.22 bits per heavy atom. The molecular formula is C17H20FN3O2. The van der Waals surface area contributed by atoms with E-state index in [0.717, 1.165) is 30.9 Å². The minimum absolute atomic E-state index is 0.0322. The zero-order valence-electron chi connectivity index (χ0n) is 13.1. The fourth-order valence-corrected chi connectivity index (χ4v) is 2.83. The Balaban J connectivity index is 1.55. The highest BCUT2D eigenvalue weighted by molar-refractivity contribution is 5.78. The third-order valence-corrected chi connectivity index (χ3v) is 4.06. The highest BCUT2D eigenvalue weighted by Crippen LogP contribution is 2.25. The number of carbonyl (C=O) groups is 1. The summed E-state index contributed by atoms with van der Waals surface area (Å²) in [6.45, 7) is 3.33. The Hall–Kier alpha value is -2.37. The third kappa shape index (κ3) is 3.88. The van der Waals surface area contributed by atoms with Crippen molar-refractivity contribution in [3.63, 3.8) is 0 Å². The van der Waals surface area contributed by atoms with Gasteiger partial charge in [0.25, 0.3) is 5.91 Å². The van der Waals surface area contributed by atoms with E-state index in [4.69, 9.17) is 4.74 Å². The van der Waals surface area contributed by atoms with Crippen LogP contribution in [-0.4, -0.2) is 40.5 Å². The summed E-state index contributed by atoms with van der Waals surface area (Å²) in [5.41, 5.74) is 1.03. The van der Waals surface area contributed by atoms with Gasteiger partial charge >= 0.3 is 0 Å². The third-order valence-electron chi connectivity index (χ3n) is 4.06. The molecule has 1 aromatic carbocycles. The summed E-state index contributed by atoms with van der Waals surface area (Å²) >= 11 is 0. The number of nitrogens with zero attached hydrogens (tertiary/aromatic N) is 2. The molecule has 0 saturated carbocycles. The molecule has 1 amide bonds. The molecule has 0 bridgehead atoms. The second-order valence-corrected chi connectivity index (χ2v) is 5.87. The molecule has 23 heavy (non-hydrogen) atoms. The second kappa shape index (κ2) is 6.81. The van der Waals surface area contributed by atoms with Crippen molar-refractivity contribution in [3.8, 4) is 5.75 Å². The second-order valence-electron chi connectivity index (χ2n) is 5.87. The molecule has 1 fully saturated rings. The Bertz CT molecular complexity index is 669. The number of aromatic amines is 1. The number of hydrogen-bond donors (Lipinski definition) is 1. The molecular weight excluding hydrogens is 297 g/mol. The molecule has 1 atom stereocenters. The van der Waals surface area contributed by atoms with Gasteiger partial charge in [-0.2, -0.15) is 0 Å². The Kier molecular flexibility index (Phi) is 4.60. The van der Waals surface area contributed by atoms with Crippen LogP contribution in [-0.2, 0) is 4.79 Å². The number of amides is 1. The van der Waals surface area contributed by atoms with Gasteiger partial charge in [0.2, 0.25) is 0 Å². The minimum atomic E-state index is -0.323. The predicted octanol–water partition coefficient (Wildman–Crippen LogP) is 2.64. The summed E-state index contributed by atoms with van der Waals surface area (Å²) in [5, 5.41) is 0. The molecule has 0 radical (unpaired) electrons. The lowest BCUT2D eigenvalue weighted by molar-refractivity contribution is -0.134. The summed E-state index contributed by atoms with van der Waals surface area (Å²) in [4.78, 5) is 21.8. The monoisotopic (exact) mass is 317 g/mol. The smallest absolute Gasteiger partial charge is 0.260 e. The zero-order chi connectivity index (χ0) is 16.2. The van der Waals surface area contributed by atoms with E-state index in [1.165, 1.54) is 24.3 Å². The lowest BCUT2D eigenvalue weighted by Crippen LogP contribution is -2.41. The highest BCUT2D eigenvalue weighted by atomic mass is 19.1. The molecule has 3 rings (SSSR count). The van der Waals surface area contributed by atoms with Gasteiger partial charge in [0, 0.05) is 30.9 Å². The van der Waals surface area contributed by atoms with E-state index in [0.29, 0.717) is 12.3 Å². The van der Waals surface area contributed by atoms with Crippen molar-refractivity contribution >= 4 is 5.91 Å². The predicted molar refractivity (Wildman–Crippen MR) is 83.8 cm³/mol. The topological polar surface area (TPSA) is 58.2 Å². The Morgan fingerprint density at radius 1 is 1.43 bits per heavy atom. The van der Waals surface area contributed by atoms with Crippen LogP contribution in [0.1, 0.15) is 30.3 Å². The number of carbonyl (C=O) groups excluding carboxylic acids is 1. The first-order valence-electron chi connectivity index (χ1n) is 7.79. The number of piperidine rings is 1. The normalized spacial score (nSPS) is 18.0. The first kappa shape index (κ1) is 15.5. The van der Waals surface area contributed by atoms with Crippen LogP contribution in [0.4, 0.5) is 4.39 Å². The van der Waals surface area contributed by atoms with E-state index in [1.54, 1.807) is 0 Å². The average Bonchev–Trinajstić information content (AvgIpc) is 3.01. The van der Waals surface area contributed by atoms with Gasteiger partial charge in [-0.05, 0) is 44.0 Å². The highest BCUT2D eigenvalue weighted by Gasteiger charge is 2.26. The minimum Gasteiger partial charge on any atom is -0.484 e. The molecule has 5 nitrogen and oxygen atoms in total. The van der Waals surface area contributed by atoms with E-state index in [9.17, 15) is 9.18 Å². The van der Waals surface area contributed by atoms with Gasteiger partial charge in [0.05, 0.1) is 0 Å². The van der Waals surface area contributed by atoms with Crippen molar-refractivity contribution in [1.29, 1.82) is 0 Å². The van der Waals surface area contributed by atoms with Crippen LogP contribution in [0.2, 0.25) is 0 Å². The number of likely N-dealkylation sites (tertiary alicyclic amines) is 1. The van der Waals surface area contributed by atoms with E-state index >= 15 is 0 Å². The van der Waals surface area contributed by atoms with Gasteiger partial charge in [-0.1, -0.05) is 0 Å². The molecule has 1 N–H and O–H groups in total. The van der Waals surface area contributed by atoms with Crippen LogP contribution in [0.3, 0.4) is 0 Å². The summed E-state index contributed by atoms with van der Waals surface area (Å²) in [6, 6.07) is 5.67. The number of H-pyrrole nitrogens is 1. The number of benzene rings is 1. The van der Waals surface area contributed by atoms with Crippen molar-refractivity contribution in [2.45, 2.75) is 25.7 Å². The molecule has 2 aromatic rings. The van der Waals surface area contributed by atoms with Crippen molar-refractivity contribution in [1.82, 2.24) is 14.9 Å². The van der Waals surface area contributed by atoms with Crippen molar-refractivity contribution in [3.05, 3.63) is 47.8 Å². The molecule has 0 aliphatic carbocycles. The largest absolute Gasteiger partial charge is 0.484 e. The lowest BCUT2D eigenvalue weighted by Gasteiger charge is -2.31. The maximum absolute atomic E-state index is 12.8. The van der Waals surface area contributed by atoms with Crippen LogP contribution >= 0.6 is 0 Å². The molecule has 2 heterocycles. The average molecular weight is 317 g/mol. The molecule has 1 saturated heterocycles. The zero-order valence-corrected chi connectivity index (χ0v) is 13.1. The van der Waals surface area contributed by atoms with Gasteiger partial charge in [0.15, 0.2) is 6.61 Å². The summed E-state index contributed by atoms with van der Waals surface area (Å²) in [7, 11) is 0. The molecule has 6 heteroatoms. The summed E-state index contributed by atoms with van der Waals surface area (Å²) in [5.74, 6) is 1.31. The van der Waals surface area contributed by atoms with Crippen LogP contribution in [0, 0.1) is 12.7 Å². The number of imidazole rings is 1. The molecule has 1 aliphatic heterocycles. The lowest BCUT2D eigenvalue weighted by atomic mass is 9.97. The maximum atomic E-state index is 12.8. The van der Waals surface area contributed by atoms with E-state index in [1.807, 2.05) is 18.0 Å². The maximum Gasteiger partial charge on any atom is 0.260 e. The van der Waals surface area contributed by atoms with Crippen LogP contribution < -0.4 is 4.74 Å². The Labute approximate surface area is 134 Å². The van der Waals surface area contributed by atoms with E-state index < -0.39 is 0 Å². The first-order valence-corrected chi connectivity index (χ1v) is 7.79. The van der Waals surface area contributed by atoms with E-state index in [-0.39, 0.29) is 24.2 Å². The molecule has 0 spiro atoms. The number of ether oxygens (including phenoxy) is 1. The fourth-order valence-electron chi connectivity index (χ4n) is 2.83. The number of aryl methyl sites for hydroxylation is 1. The number of aromatic nitrogens is 2. The van der Waals surface area contributed by atoms with Crippen LogP contribution in [0.5, 0.6) is 5.75 Å². The van der Waals surface area contributed by atoms with Gasteiger partial charge in [-0.25, -0.2) is 9.37 Å². The molecule has 0 unspecified atom stereocenters. The van der Waals surface area contributed by atoms with Gasteiger partial charge in [-0.3, -0.25) is 4.79 Å². The number of rotatable bonds is 4. The summed E-state index contributed by atoms with van der Waals surface area (Å²) < 4.78 is 18.3. The molecule has 1 aliphatic rings. The standard InChI is InChI=1S/C17H20FN3O2/c1-12-9-19-17(20-12)13-3-2-8-21(10-13)16(22)11-23-15-6-4-14(18)5-7-15/h4-7,9,13H,2-3,8,10-11H2,1H3,(H,19,20)/t13-/m1/s1. The van der Waals surface area contributed by atoms with Gasteiger partial charge in [-0.15, -0.1) is 0 Å². The van der Waals surface area contributed by atoms with Crippen LogP contribution in [0.15, 0.2) is 30.5 Å². The van der Waals surface area contributed by atoms with Crippen molar-refractivity contribution in [2.24, 2.45) is 0 Å². The summed E-state index contributed by atoms with van der Waals surface area (Å²) in [6.07, 6.45) is 3.79. The molecule has 122 valence electrons. The number of hydrogen-bond acceptors (Lipinski definition) is 3. The van der Waals surface area contributed by atoms with Gasteiger partial charge < -0.3 is 14.6 Å². The van der Waals surface area contributed by atoms with Gasteiger partial charge in [0.1, 0.15) is 17.4 Å². The van der Waals surface area contributed by atoms with Crippen molar-refractivity contribution in [2.75, 3.05) is 19.7 Å². The van der Waals surface area contributed by atoms with Crippen molar-refractivity contribution < 1.29 is 13.9 Å². The van der Waals surface area contributed by atoms with Crippen LogP contribution in [0.25, 0.3) is 0 Å². The van der Waals surface area contributed by atoms with E-state index in [2.05, 4.69) is 9.97 Å². The number of halogens is 1. The quantitative estimate of drug-likeness (QED) is 0.943. The number of nitrogens with one attached hydrogen (secondary N) is 1. The Morgan fingerprint density at radius 3 is 2.91 bits per heavy atom. The fraction of sp³-hybridized carbons (Fsp3) is 0.412. The molecule has 1 aromatic heterocycles.